The molecule has 0 aromatic heterocycles. The topological polar surface area (TPSA) is 95.0 Å². The van der Waals surface area contributed by atoms with Crippen LogP contribution in [-0.2, 0) is 21.2 Å². The van der Waals surface area contributed by atoms with Crippen molar-refractivity contribution in [1.29, 1.82) is 0 Å². The monoisotopic (exact) mass is 326 g/mol. The first-order chi connectivity index (χ1) is 10.2. The van der Waals surface area contributed by atoms with Crippen LogP contribution >= 0.6 is 0 Å². The average Bonchev–Trinajstić information content (AvgIpc) is 2.86. The molecule has 0 radical (unpaired) electrons. The second-order valence-electron chi connectivity index (χ2n) is 5.30. The first-order valence-corrected chi connectivity index (χ1v) is 8.63. The van der Waals surface area contributed by atoms with E-state index in [1.807, 2.05) is 0 Å². The second kappa shape index (κ2) is 5.96. The molecule has 120 valence electrons. The third-order valence-corrected chi connectivity index (χ3v) is 4.77. The van der Waals surface area contributed by atoms with Crippen molar-refractivity contribution >= 4 is 27.6 Å². The minimum atomic E-state index is -3.31. The van der Waals surface area contributed by atoms with Gasteiger partial charge in [-0.15, -0.1) is 0 Å². The molecular weight excluding hydrogens is 308 g/mol. The van der Waals surface area contributed by atoms with Crippen molar-refractivity contribution in [2.45, 2.75) is 12.8 Å². The van der Waals surface area contributed by atoms with E-state index in [9.17, 15) is 18.0 Å². The zero-order chi connectivity index (χ0) is 16.5. The summed E-state index contributed by atoms with van der Waals surface area (Å²) in [5.41, 5.74) is 1.84. The summed E-state index contributed by atoms with van der Waals surface area (Å²) in [5, 5.41) is 8.65. The molecule has 8 heteroatoms. The molecule has 0 saturated carbocycles. The van der Waals surface area contributed by atoms with E-state index in [4.69, 9.17) is 5.11 Å². The number of carboxylic acid groups (broad SMARTS) is 1. The summed E-state index contributed by atoms with van der Waals surface area (Å²) in [4.78, 5) is 24.1. The summed E-state index contributed by atoms with van der Waals surface area (Å²) in [6.45, 7) is 0.501. The van der Waals surface area contributed by atoms with Gasteiger partial charge >= 0.3 is 5.97 Å². The average molecular weight is 326 g/mol. The molecule has 1 heterocycles. The molecule has 22 heavy (non-hydrogen) atoms. The lowest BCUT2D eigenvalue weighted by Crippen LogP contribution is -2.29. The number of carboxylic acids is 1. The number of aliphatic carboxylic acids is 1. The van der Waals surface area contributed by atoms with Crippen LogP contribution in [0.2, 0.25) is 0 Å². The Morgan fingerprint density at radius 2 is 2.05 bits per heavy atom. The van der Waals surface area contributed by atoms with Crippen LogP contribution in [-0.4, -0.2) is 56.7 Å². The number of sulfonamides is 1. The fraction of sp³-hybridized carbons (Fsp3) is 0.429. The summed E-state index contributed by atoms with van der Waals surface area (Å²) in [7, 11) is -1.77. The summed E-state index contributed by atoms with van der Waals surface area (Å²) >= 11 is 0. The van der Waals surface area contributed by atoms with Crippen LogP contribution in [0, 0.1) is 0 Å². The largest absolute Gasteiger partial charge is 0.481 e. The summed E-state index contributed by atoms with van der Waals surface area (Å²) in [6.07, 6.45) is 1.60. The molecule has 0 fully saturated rings. The van der Waals surface area contributed by atoms with Gasteiger partial charge in [0.05, 0.1) is 18.4 Å². The molecule has 1 amide bonds. The number of carbonyl (C=O) groups is 2. The molecule has 0 saturated heterocycles. The predicted molar refractivity (Wildman–Crippen MR) is 81.5 cm³/mol. The molecule has 1 N–H and O–H groups in total. The third-order valence-electron chi connectivity index (χ3n) is 3.59. The van der Waals surface area contributed by atoms with E-state index in [-0.39, 0.29) is 18.9 Å². The van der Waals surface area contributed by atoms with Gasteiger partial charge < -0.3 is 10.0 Å². The highest BCUT2D eigenvalue weighted by Crippen LogP contribution is 2.30. The van der Waals surface area contributed by atoms with Gasteiger partial charge in [-0.2, -0.15) is 0 Å². The van der Waals surface area contributed by atoms with Crippen molar-refractivity contribution in [3.05, 3.63) is 29.3 Å². The first kappa shape index (κ1) is 16.3. The summed E-state index contributed by atoms with van der Waals surface area (Å²) in [5.74, 6) is -1.24. The quantitative estimate of drug-likeness (QED) is 0.853. The fourth-order valence-corrected chi connectivity index (χ4v) is 3.39. The molecule has 1 aromatic rings. The van der Waals surface area contributed by atoms with Crippen LogP contribution in [0.25, 0.3) is 0 Å². The van der Waals surface area contributed by atoms with Gasteiger partial charge in [-0.1, -0.05) is 0 Å². The zero-order valence-corrected chi connectivity index (χ0v) is 13.3. The van der Waals surface area contributed by atoms with Crippen LogP contribution in [0.15, 0.2) is 18.2 Å². The maximum absolute atomic E-state index is 12.2. The van der Waals surface area contributed by atoms with Gasteiger partial charge in [0.1, 0.15) is 0 Å². The van der Waals surface area contributed by atoms with E-state index >= 15 is 0 Å². The molecule has 1 aliphatic rings. The van der Waals surface area contributed by atoms with Crippen LogP contribution in [0.4, 0.5) is 5.69 Å². The second-order valence-corrected chi connectivity index (χ2v) is 7.21. The van der Waals surface area contributed by atoms with E-state index in [1.165, 1.54) is 9.21 Å². The van der Waals surface area contributed by atoms with E-state index in [0.29, 0.717) is 24.2 Å². The van der Waals surface area contributed by atoms with Crippen LogP contribution in [0.5, 0.6) is 0 Å². The van der Waals surface area contributed by atoms with Crippen molar-refractivity contribution in [2.24, 2.45) is 0 Å². The van der Waals surface area contributed by atoms with Crippen molar-refractivity contribution in [2.75, 3.05) is 30.7 Å². The number of hydrogen-bond acceptors (Lipinski definition) is 4. The fourth-order valence-electron chi connectivity index (χ4n) is 2.43. The molecule has 0 aliphatic carbocycles. The molecule has 0 unspecified atom stereocenters. The number of fused-ring (bicyclic) bond motifs is 1. The number of rotatable bonds is 5. The Kier molecular flexibility index (Phi) is 4.41. The normalized spacial score (nSPS) is 13.8. The summed E-state index contributed by atoms with van der Waals surface area (Å²) in [6, 6.07) is 4.88. The number of hydrogen-bond donors (Lipinski definition) is 1. The van der Waals surface area contributed by atoms with E-state index in [2.05, 4.69) is 0 Å². The van der Waals surface area contributed by atoms with Gasteiger partial charge in [0.2, 0.25) is 10.0 Å². The van der Waals surface area contributed by atoms with E-state index < -0.39 is 16.0 Å². The molecule has 0 spiro atoms. The maximum Gasteiger partial charge on any atom is 0.305 e. The number of benzene rings is 1. The number of nitrogens with zero attached hydrogens (tertiary/aromatic N) is 2. The van der Waals surface area contributed by atoms with Crippen molar-refractivity contribution in [3.63, 3.8) is 0 Å². The third kappa shape index (κ3) is 3.38. The van der Waals surface area contributed by atoms with Crippen molar-refractivity contribution in [3.8, 4) is 0 Å². The van der Waals surface area contributed by atoms with Crippen LogP contribution in [0.1, 0.15) is 22.3 Å². The Morgan fingerprint density at radius 3 is 2.64 bits per heavy atom. The van der Waals surface area contributed by atoms with Gasteiger partial charge in [-0.25, -0.2) is 8.42 Å². The van der Waals surface area contributed by atoms with Crippen LogP contribution in [0.3, 0.4) is 0 Å². The molecule has 0 atom stereocenters. The van der Waals surface area contributed by atoms with Crippen LogP contribution < -0.4 is 4.31 Å². The minimum absolute atomic E-state index is 0.116. The SMILES string of the molecule is CN(CCC(=O)O)C(=O)c1ccc2c(c1)CCN2S(C)(=O)=O. The van der Waals surface area contributed by atoms with Crippen molar-refractivity contribution < 1.29 is 23.1 Å². The predicted octanol–water partition coefficient (Wildman–Crippen LogP) is 0.555. The Balaban J connectivity index is 2.19. The van der Waals surface area contributed by atoms with Gasteiger partial charge in [0.15, 0.2) is 0 Å². The van der Waals surface area contributed by atoms with Gasteiger partial charge in [0, 0.05) is 25.7 Å². The lowest BCUT2D eigenvalue weighted by Gasteiger charge is -2.18. The van der Waals surface area contributed by atoms with Crippen molar-refractivity contribution in [1.82, 2.24) is 4.90 Å². The molecule has 2 rings (SSSR count). The standard InChI is InChI=1S/C14H18N2O5S/c1-15(7-6-13(17)18)14(19)11-3-4-12-10(9-11)5-8-16(12)22(2,20)21/h3-4,9H,5-8H2,1-2H3,(H,17,18). The Labute approximate surface area is 129 Å². The molecular formula is C14H18N2O5S. The lowest BCUT2D eigenvalue weighted by molar-refractivity contribution is -0.137. The number of carbonyl (C=O) groups excluding carboxylic acids is 1. The smallest absolute Gasteiger partial charge is 0.305 e. The van der Waals surface area contributed by atoms with E-state index in [0.717, 1.165) is 11.8 Å². The Morgan fingerprint density at radius 1 is 1.36 bits per heavy atom. The minimum Gasteiger partial charge on any atom is -0.481 e. The molecule has 1 aliphatic heterocycles. The van der Waals surface area contributed by atoms with Gasteiger partial charge in [-0.3, -0.25) is 13.9 Å². The highest BCUT2D eigenvalue weighted by Gasteiger charge is 2.27. The lowest BCUT2D eigenvalue weighted by atomic mass is 10.1. The maximum atomic E-state index is 12.2. The Hall–Kier alpha value is -2.09. The molecule has 1 aromatic carbocycles. The first-order valence-electron chi connectivity index (χ1n) is 6.78. The highest BCUT2D eigenvalue weighted by molar-refractivity contribution is 7.92. The summed E-state index contributed by atoms with van der Waals surface area (Å²) < 4.78 is 24.7. The van der Waals surface area contributed by atoms with Gasteiger partial charge in [0.25, 0.3) is 5.91 Å². The number of anilines is 1. The zero-order valence-electron chi connectivity index (χ0n) is 12.4. The molecule has 7 nitrogen and oxygen atoms in total. The Bertz CT molecular complexity index is 714. The number of amides is 1. The molecule has 0 bridgehead atoms. The van der Waals surface area contributed by atoms with E-state index in [1.54, 1.807) is 25.2 Å². The highest BCUT2D eigenvalue weighted by atomic mass is 32.2. The van der Waals surface area contributed by atoms with Gasteiger partial charge in [-0.05, 0) is 30.2 Å².